The fourth-order valence-electron chi connectivity index (χ4n) is 3.25. The lowest BCUT2D eigenvalue weighted by Crippen LogP contribution is -2.41. The number of hydrogen-bond donors (Lipinski definition) is 1. The van der Waals surface area contributed by atoms with Gasteiger partial charge in [-0.3, -0.25) is 9.59 Å². The van der Waals surface area contributed by atoms with E-state index in [1.807, 2.05) is 37.3 Å². The van der Waals surface area contributed by atoms with Crippen molar-refractivity contribution in [3.8, 4) is 0 Å². The topological polar surface area (TPSA) is 84.4 Å². The Balaban J connectivity index is 1.70. The minimum Gasteiger partial charge on any atom is -0.375 e. The second-order valence-electron chi connectivity index (χ2n) is 6.66. The molecule has 0 aliphatic carbocycles. The molecule has 0 bridgehead atoms. The van der Waals surface area contributed by atoms with E-state index in [0.29, 0.717) is 23.6 Å². The van der Waals surface area contributed by atoms with Crippen molar-refractivity contribution in [1.82, 2.24) is 14.9 Å². The maximum absolute atomic E-state index is 12.5. The summed E-state index contributed by atoms with van der Waals surface area (Å²) in [7, 11) is 1.52. The van der Waals surface area contributed by atoms with Crippen molar-refractivity contribution in [2.75, 3.05) is 32.1 Å². The van der Waals surface area contributed by atoms with Crippen LogP contribution < -0.4 is 5.32 Å². The first-order valence-electron chi connectivity index (χ1n) is 9.05. The Hall–Kier alpha value is -2.80. The largest absolute Gasteiger partial charge is 0.375 e. The van der Waals surface area contributed by atoms with Crippen molar-refractivity contribution in [2.45, 2.75) is 25.7 Å². The summed E-state index contributed by atoms with van der Waals surface area (Å²) in [5, 5.41) is 2.85. The van der Waals surface area contributed by atoms with E-state index < -0.39 is 0 Å². The van der Waals surface area contributed by atoms with E-state index in [1.54, 1.807) is 11.1 Å². The van der Waals surface area contributed by atoms with Crippen LogP contribution in [0.4, 0.5) is 5.69 Å². The third kappa shape index (κ3) is 4.68. The number of carbonyl (C=O) groups excluding carboxylic acids is 2. The molecule has 2 heterocycles. The van der Waals surface area contributed by atoms with E-state index in [-0.39, 0.29) is 24.3 Å². The molecule has 2 aromatic rings. The van der Waals surface area contributed by atoms with Gasteiger partial charge in [0.15, 0.2) is 0 Å². The van der Waals surface area contributed by atoms with Gasteiger partial charge in [0.2, 0.25) is 5.91 Å². The number of para-hydroxylation sites is 1. The highest BCUT2D eigenvalue weighted by molar-refractivity contribution is 6.04. The highest BCUT2D eigenvalue weighted by Crippen LogP contribution is 2.25. The number of methoxy groups -OCH3 is 1. The third-order valence-electron chi connectivity index (χ3n) is 4.68. The molecule has 1 aromatic carbocycles. The molecule has 1 aliphatic heterocycles. The number of ether oxygens (including phenoxy) is 1. The third-order valence-corrected chi connectivity index (χ3v) is 4.68. The molecule has 1 fully saturated rings. The molecule has 142 valence electrons. The van der Waals surface area contributed by atoms with Gasteiger partial charge >= 0.3 is 0 Å². The summed E-state index contributed by atoms with van der Waals surface area (Å²) in [4.78, 5) is 35.3. The van der Waals surface area contributed by atoms with Crippen LogP contribution in [0, 0.1) is 6.92 Å². The SMILES string of the molecule is COCC(=O)N1CCC[C@H](c2ncc(C(=O)Nc3ccccc3)c(C)n2)C1. The minimum atomic E-state index is -0.231. The van der Waals surface area contributed by atoms with Crippen LogP contribution in [0.1, 0.15) is 40.6 Å². The van der Waals surface area contributed by atoms with Crippen molar-refractivity contribution in [1.29, 1.82) is 0 Å². The predicted molar refractivity (Wildman–Crippen MR) is 102 cm³/mol. The molecule has 1 atom stereocenters. The Bertz CT molecular complexity index is 810. The number of aromatic nitrogens is 2. The monoisotopic (exact) mass is 368 g/mol. The standard InChI is InChI=1S/C20H24N4O3/c1-14-17(20(26)23-16-8-4-3-5-9-16)11-21-19(22-14)15-7-6-10-24(12-15)18(25)13-27-2/h3-5,8-9,11,15H,6-7,10,12-13H2,1-2H3,(H,23,26)/t15-/m0/s1. The highest BCUT2D eigenvalue weighted by Gasteiger charge is 2.27. The van der Waals surface area contributed by atoms with Gasteiger partial charge in [0.05, 0.1) is 11.3 Å². The minimum absolute atomic E-state index is 0.0159. The Labute approximate surface area is 158 Å². The van der Waals surface area contributed by atoms with Crippen molar-refractivity contribution in [2.24, 2.45) is 0 Å². The lowest BCUT2D eigenvalue weighted by atomic mass is 9.97. The van der Waals surface area contributed by atoms with Gasteiger partial charge in [0.25, 0.3) is 5.91 Å². The van der Waals surface area contributed by atoms with E-state index in [0.717, 1.165) is 25.1 Å². The summed E-state index contributed by atoms with van der Waals surface area (Å²) in [5.74, 6) is 0.506. The number of carbonyl (C=O) groups is 2. The maximum Gasteiger partial charge on any atom is 0.259 e. The van der Waals surface area contributed by atoms with Crippen LogP contribution in [0.5, 0.6) is 0 Å². The van der Waals surface area contributed by atoms with Gasteiger partial charge in [-0.25, -0.2) is 9.97 Å². The number of amides is 2. The first-order chi connectivity index (χ1) is 13.1. The summed E-state index contributed by atoms with van der Waals surface area (Å²) in [5.41, 5.74) is 1.81. The number of nitrogens with one attached hydrogen (secondary N) is 1. The quantitative estimate of drug-likeness (QED) is 0.876. The zero-order valence-corrected chi connectivity index (χ0v) is 15.6. The molecule has 1 N–H and O–H groups in total. The van der Waals surface area contributed by atoms with Crippen LogP contribution in [0.2, 0.25) is 0 Å². The van der Waals surface area contributed by atoms with Crippen LogP contribution >= 0.6 is 0 Å². The maximum atomic E-state index is 12.5. The molecule has 1 aliphatic rings. The molecular weight excluding hydrogens is 344 g/mol. The van der Waals surface area contributed by atoms with E-state index in [4.69, 9.17) is 4.74 Å². The van der Waals surface area contributed by atoms with Crippen LogP contribution in [-0.4, -0.2) is 53.5 Å². The summed E-state index contributed by atoms with van der Waals surface area (Å²) in [6.07, 6.45) is 3.40. The van der Waals surface area contributed by atoms with Crippen LogP contribution in [0.15, 0.2) is 36.5 Å². The molecule has 3 rings (SSSR count). The van der Waals surface area contributed by atoms with E-state index in [2.05, 4.69) is 15.3 Å². The summed E-state index contributed by atoms with van der Waals surface area (Å²) in [6, 6.07) is 9.28. The van der Waals surface area contributed by atoms with Gasteiger partial charge in [0, 0.05) is 38.0 Å². The van der Waals surface area contributed by atoms with E-state index in [1.165, 1.54) is 7.11 Å². The number of benzene rings is 1. The molecule has 7 nitrogen and oxygen atoms in total. The molecule has 0 saturated carbocycles. The number of hydrogen-bond acceptors (Lipinski definition) is 5. The predicted octanol–water partition coefficient (Wildman–Crippen LogP) is 2.39. The van der Waals surface area contributed by atoms with Gasteiger partial charge in [-0.05, 0) is 31.9 Å². The zero-order valence-electron chi connectivity index (χ0n) is 15.6. The molecule has 0 unspecified atom stereocenters. The van der Waals surface area contributed by atoms with Gasteiger partial charge in [-0.1, -0.05) is 18.2 Å². The smallest absolute Gasteiger partial charge is 0.259 e. The van der Waals surface area contributed by atoms with Gasteiger partial charge in [-0.15, -0.1) is 0 Å². The van der Waals surface area contributed by atoms with E-state index in [9.17, 15) is 9.59 Å². The van der Waals surface area contributed by atoms with E-state index >= 15 is 0 Å². The van der Waals surface area contributed by atoms with Crippen LogP contribution in [-0.2, 0) is 9.53 Å². The number of likely N-dealkylation sites (tertiary alicyclic amines) is 1. The summed E-state index contributed by atoms with van der Waals surface area (Å²) >= 11 is 0. The first-order valence-corrected chi connectivity index (χ1v) is 9.05. The van der Waals surface area contributed by atoms with Crippen LogP contribution in [0.25, 0.3) is 0 Å². The Kier molecular flexibility index (Phi) is 6.13. The van der Waals surface area contributed by atoms with Crippen molar-refractivity contribution in [3.05, 3.63) is 53.6 Å². The van der Waals surface area contributed by atoms with Crippen molar-refractivity contribution < 1.29 is 14.3 Å². The lowest BCUT2D eigenvalue weighted by Gasteiger charge is -2.32. The van der Waals surface area contributed by atoms with Crippen molar-refractivity contribution >= 4 is 17.5 Å². The lowest BCUT2D eigenvalue weighted by molar-refractivity contribution is -0.136. The number of rotatable bonds is 5. The molecule has 27 heavy (non-hydrogen) atoms. The molecule has 1 aromatic heterocycles. The fraction of sp³-hybridized carbons (Fsp3) is 0.400. The molecule has 2 amide bonds. The molecule has 0 radical (unpaired) electrons. The number of aryl methyl sites for hydroxylation is 1. The normalized spacial score (nSPS) is 16.8. The first kappa shape index (κ1) is 19.0. The van der Waals surface area contributed by atoms with Gasteiger partial charge < -0.3 is 15.0 Å². The molecule has 1 saturated heterocycles. The van der Waals surface area contributed by atoms with Crippen molar-refractivity contribution in [3.63, 3.8) is 0 Å². The fourth-order valence-corrected chi connectivity index (χ4v) is 3.25. The average Bonchev–Trinajstić information content (AvgIpc) is 2.69. The summed E-state index contributed by atoms with van der Waals surface area (Å²) in [6.45, 7) is 3.21. The molecule has 7 heteroatoms. The molecule has 0 spiro atoms. The number of anilines is 1. The highest BCUT2D eigenvalue weighted by atomic mass is 16.5. The Morgan fingerprint density at radius 1 is 1.30 bits per heavy atom. The molecular formula is C20H24N4O3. The Morgan fingerprint density at radius 3 is 2.78 bits per heavy atom. The van der Waals surface area contributed by atoms with Gasteiger partial charge in [0.1, 0.15) is 12.4 Å². The average molecular weight is 368 g/mol. The Morgan fingerprint density at radius 2 is 2.07 bits per heavy atom. The van der Waals surface area contributed by atoms with Crippen LogP contribution in [0.3, 0.4) is 0 Å². The second-order valence-corrected chi connectivity index (χ2v) is 6.66. The summed E-state index contributed by atoms with van der Waals surface area (Å²) < 4.78 is 4.94. The zero-order chi connectivity index (χ0) is 19.2. The second kappa shape index (κ2) is 8.73. The number of piperidine rings is 1. The number of nitrogens with zero attached hydrogens (tertiary/aromatic N) is 3. The van der Waals surface area contributed by atoms with Gasteiger partial charge in [-0.2, -0.15) is 0 Å².